The van der Waals surface area contributed by atoms with E-state index < -0.39 is 36.4 Å². The minimum Gasteiger partial charge on any atom is -0.444 e. The number of amides is 3. The van der Waals surface area contributed by atoms with Gasteiger partial charge in [0.1, 0.15) is 18.4 Å². The van der Waals surface area contributed by atoms with Gasteiger partial charge in [-0.1, -0.05) is 18.2 Å². The molecule has 12 heteroatoms. The maximum absolute atomic E-state index is 15.2. The summed E-state index contributed by atoms with van der Waals surface area (Å²) in [5.41, 5.74) is 1.91. The minimum atomic E-state index is -3.20. The van der Waals surface area contributed by atoms with Crippen LogP contribution in [0, 0.1) is 0 Å². The van der Waals surface area contributed by atoms with Crippen molar-refractivity contribution in [2.75, 3.05) is 24.7 Å². The monoisotopic (exact) mass is 553 g/mol. The lowest BCUT2D eigenvalue weighted by molar-refractivity contribution is -0.123. The second-order valence-electron chi connectivity index (χ2n) is 11.3. The number of benzene rings is 2. The van der Waals surface area contributed by atoms with Gasteiger partial charge in [0.25, 0.3) is 17.7 Å². The Morgan fingerprint density at radius 3 is 2.73 bits per heavy atom. The average Bonchev–Trinajstić information content (AvgIpc) is 3.58. The highest BCUT2D eigenvalue weighted by Crippen LogP contribution is 2.41. The SMILES string of the molecule is CC(C)(C)OC(=O)N1CC[C@@H](n2cc(Cc3ccc4c5c(cccc35)C(=O)N4C3OCNC3=O)cn2)C(F)(F)C1. The number of carbonyl (C=O) groups excluding carboxylic acids is 3. The van der Waals surface area contributed by atoms with Crippen molar-refractivity contribution in [2.45, 2.75) is 57.4 Å². The lowest BCUT2D eigenvalue weighted by atomic mass is 9.97. The number of anilines is 1. The molecular weight excluding hydrogens is 524 g/mol. The summed E-state index contributed by atoms with van der Waals surface area (Å²) in [6.07, 6.45) is 1.82. The molecule has 3 aliphatic heterocycles. The number of carbonyl (C=O) groups is 3. The van der Waals surface area contributed by atoms with Gasteiger partial charge in [0.15, 0.2) is 0 Å². The maximum atomic E-state index is 15.2. The number of alkyl halides is 2. The molecule has 2 aromatic carbocycles. The fourth-order valence-corrected chi connectivity index (χ4v) is 5.60. The molecule has 1 aromatic heterocycles. The van der Waals surface area contributed by atoms with Crippen molar-refractivity contribution in [3.63, 3.8) is 0 Å². The number of rotatable bonds is 4. The van der Waals surface area contributed by atoms with Gasteiger partial charge in [-0.3, -0.25) is 19.2 Å². The van der Waals surface area contributed by atoms with Crippen molar-refractivity contribution < 1.29 is 32.6 Å². The topological polar surface area (TPSA) is 106 Å². The molecule has 1 unspecified atom stereocenters. The van der Waals surface area contributed by atoms with Crippen LogP contribution >= 0.6 is 0 Å². The molecule has 1 N–H and O–H groups in total. The summed E-state index contributed by atoms with van der Waals surface area (Å²) in [6, 6.07) is 7.85. The van der Waals surface area contributed by atoms with Crippen molar-refractivity contribution in [3.8, 4) is 0 Å². The molecule has 0 saturated carbocycles. The number of likely N-dealkylation sites (tertiary alicyclic amines) is 1. The van der Waals surface area contributed by atoms with Crippen LogP contribution in [0.1, 0.15) is 54.7 Å². The normalized spacial score (nSPS) is 22.2. The smallest absolute Gasteiger partial charge is 0.410 e. The van der Waals surface area contributed by atoms with Gasteiger partial charge in [0, 0.05) is 30.1 Å². The van der Waals surface area contributed by atoms with Crippen LogP contribution in [0.5, 0.6) is 0 Å². The van der Waals surface area contributed by atoms with E-state index in [9.17, 15) is 14.4 Å². The third kappa shape index (κ3) is 4.45. The average molecular weight is 554 g/mol. The Kier molecular flexibility index (Phi) is 6.06. The number of ether oxygens (including phenoxy) is 2. The highest BCUT2D eigenvalue weighted by atomic mass is 19.3. The van der Waals surface area contributed by atoms with Gasteiger partial charge in [-0.2, -0.15) is 5.10 Å². The number of hydrogen-bond donors (Lipinski definition) is 1. The Morgan fingerprint density at radius 2 is 2.02 bits per heavy atom. The molecule has 210 valence electrons. The Bertz CT molecular complexity index is 1530. The first-order valence-electron chi connectivity index (χ1n) is 13.1. The van der Waals surface area contributed by atoms with E-state index in [2.05, 4.69) is 10.4 Å². The number of aromatic nitrogens is 2. The predicted octanol–water partition coefficient (Wildman–Crippen LogP) is 3.83. The second-order valence-corrected chi connectivity index (χ2v) is 11.3. The first kappa shape index (κ1) is 26.2. The van der Waals surface area contributed by atoms with Crippen LogP contribution in [0.4, 0.5) is 19.3 Å². The van der Waals surface area contributed by atoms with Gasteiger partial charge in [0.2, 0.25) is 6.23 Å². The number of hydrogen-bond acceptors (Lipinski definition) is 6. The molecule has 0 radical (unpaired) electrons. The fraction of sp³-hybridized carbons (Fsp3) is 0.429. The third-order valence-electron chi connectivity index (χ3n) is 7.35. The summed E-state index contributed by atoms with van der Waals surface area (Å²) in [4.78, 5) is 40.2. The summed E-state index contributed by atoms with van der Waals surface area (Å²) < 4.78 is 42.4. The molecule has 2 fully saturated rings. The predicted molar refractivity (Wildman–Crippen MR) is 140 cm³/mol. The lowest BCUT2D eigenvalue weighted by Gasteiger charge is -2.38. The lowest BCUT2D eigenvalue weighted by Crippen LogP contribution is -2.52. The Balaban J connectivity index is 1.23. The molecule has 6 rings (SSSR count). The molecule has 0 spiro atoms. The van der Waals surface area contributed by atoms with Crippen molar-refractivity contribution in [3.05, 3.63) is 59.4 Å². The summed E-state index contributed by atoms with van der Waals surface area (Å²) in [6.45, 7) is 4.50. The second kappa shape index (κ2) is 9.26. The van der Waals surface area contributed by atoms with E-state index in [1.807, 2.05) is 12.1 Å². The van der Waals surface area contributed by atoms with E-state index in [1.165, 1.54) is 9.58 Å². The minimum absolute atomic E-state index is 0.0309. The van der Waals surface area contributed by atoms with Crippen LogP contribution in [0.3, 0.4) is 0 Å². The van der Waals surface area contributed by atoms with Crippen molar-refractivity contribution in [1.29, 1.82) is 0 Å². The Morgan fingerprint density at radius 1 is 1.23 bits per heavy atom. The van der Waals surface area contributed by atoms with Gasteiger partial charge in [-0.15, -0.1) is 0 Å². The van der Waals surface area contributed by atoms with Crippen LogP contribution < -0.4 is 10.2 Å². The van der Waals surface area contributed by atoms with Gasteiger partial charge in [-0.05, 0) is 55.8 Å². The van der Waals surface area contributed by atoms with Crippen molar-refractivity contribution >= 4 is 34.4 Å². The van der Waals surface area contributed by atoms with E-state index in [-0.39, 0.29) is 31.5 Å². The standard InChI is InChI=1S/C28H29F2N5O5/c1-27(2,3)40-26(38)33-10-9-21(28(29,30)14-33)34-13-16(12-32-34)11-17-7-8-20-22-18(17)5-4-6-19(22)24(37)35(20)25-23(36)31-15-39-25/h4-8,12-13,21,25H,9-11,14-15H2,1-3H3,(H,31,36)/t21-,25?/m1/s1. The Hall–Kier alpha value is -4.06. The highest BCUT2D eigenvalue weighted by Gasteiger charge is 2.48. The van der Waals surface area contributed by atoms with E-state index in [0.29, 0.717) is 17.7 Å². The molecule has 2 saturated heterocycles. The van der Waals surface area contributed by atoms with Crippen LogP contribution in [0.2, 0.25) is 0 Å². The largest absolute Gasteiger partial charge is 0.444 e. The summed E-state index contributed by atoms with van der Waals surface area (Å²) in [5.74, 6) is -3.88. The van der Waals surface area contributed by atoms with E-state index in [4.69, 9.17) is 9.47 Å². The number of nitrogens with one attached hydrogen (secondary N) is 1. The van der Waals surface area contributed by atoms with Crippen LogP contribution in [-0.2, 0) is 20.7 Å². The van der Waals surface area contributed by atoms with Crippen molar-refractivity contribution in [1.82, 2.24) is 20.0 Å². The van der Waals surface area contributed by atoms with Crippen LogP contribution in [0.15, 0.2) is 42.7 Å². The Labute approximate surface area is 228 Å². The van der Waals surface area contributed by atoms with Gasteiger partial charge < -0.3 is 19.7 Å². The number of nitrogens with zero attached hydrogens (tertiary/aromatic N) is 4. The van der Waals surface area contributed by atoms with Crippen LogP contribution in [0.25, 0.3) is 10.8 Å². The van der Waals surface area contributed by atoms with E-state index in [0.717, 1.165) is 26.8 Å². The summed E-state index contributed by atoms with van der Waals surface area (Å²) in [5, 5.41) is 8.38. The fourth-order valence-electron chi connectivity index (χ4n) is 5.60. The van der Waals surface area contributed by atoms with Crippen molar-refractivity contribution in [2.24, 2.45) is 0 Å². The maximum Gasteiger partial charge on any atom is 0.410 e. The molecule has 0 aliphatic carbocycles. The zero-order valence-electron chi connectivity index (χ0n) is 22.3. The summed E-state index contributed by atoms with van der Waals surface area (Å²) in [7, 11) is 0. The first-order valence-corrected chi connectivity index (χ1v) is 13.1. The zero-order chi connectivity index (χ0) is 28.4. The summed E-state index contributed by atoms with van der Waals surface area (Å²) >= 11 is 0. The molecule has 0 bridgehead atoms. The molecule has 3 aliphatic rings. The molecule has 40 heavy (non-hydrogen) atoms. The molecular formula is C28H29F2N5O5. The zero-order valence-corrected chi connectivity index (χ0v) is 22.3. The molecule has 4 heterocycles. The first-order chi connectivity index (χ1) is 18.9. The van der Waals surface area contributed by atoms with Crippen LogP contribution in [-0.4, -0.2) is 70.2 Å². The van der Waals surface area contributed by atoms with Gasteiger partial charge in [-0.25, -0.2) is 13.6 Å². The van der Waals surface area contributed by atoms with Gasteiger partial charge >= 0.3 is 6.09 Å². The van der Waals surface area contributed by atoms with E-state index in [1.54, 1.807) is 51.4 Å². The molecule has 3 amide bonds. The quantitative estimate of drug-likeness (QED) is 0.527. The molecule has 10 nitrogen and oxygen atoms in total. The number of halogens is 2. The molecule has 2 atom stereocenters. The molecule has 3 aromatic rings. The highest BCUT2D eigenvalue weighted by molar-refractivity contribution is 6.26. The van der Waals surface area contributed by atoms with E-state index >= 15 is 8.78 Å². The number of piperidine rings is 1. The third-order valence-corrected chi connectivity index (χ3v) is 7.35. The van der Waals surface area contributed by atoms with Gasteiger partial charge in [0.05, 0.1) is 18.4 Å².